The lowest BCUT2D eigenvalue weighted by Gasteiger charge is -2.24. The molecule has 1 heterocycles. The van der Waals surface area contributed by atoms with E-state index in [0.717, 1.165) is 6.54 Å². The third kappa shape index (κ3) is 2.27. The SMILES string of the molecule is Fc1cc(C2CNCCO2)cc(F)c1Cl. The van der Waals surface area contributed by atoms with E-state index in [9.17, 15) is 8.78 Å². The third-order valence-corrected chi connectivity index (χ3v) is 2.67. The van der Waals surface area contributed by atoms with Gasteiger partial charge in [0.05, 0.1) is 12.7 Å². The molecule has 1 fully saturated rings. The number of ether oxygens (including phenoxy) is 1. The van der Waals surface area contributed by atoms with Crippen molar-refractivity contribution in [2.45, 2.75) is 6.10 Å². The highest BCUT2D eigenvalue weighted by molar-refractivity contribution is 6.30. The Morgan fingerprint density at radius 1 is 1.33 bits per heavy atom. The average molecular weight is 234 g/mol. The van der Waals surface area contributed by atoms with Crippen LogP contribution >= 0.6 is 11.6 Å². The maximum absolute atomic E-state index is 13.1. The fourth-order valence-corrected chi connectivity index (χ4v) is 1.65. The Hall–Kier alpha value is -0.710. The minimum atomic E-state index is -0.749. The first-order valence-corrected chi connectivity index (χ1v) is 5.03. The number of benzene rings is 1. The molecule has 15 heavy (non-hydrogen) atoms. The van der Waals surface area contributed by atoms with Crippen molar-refractivity contribution in [2.24, 2.45) is 0 Å². The summed E-state index contributed by atoms with van der Waals surface area (Å²) < 4.78 is 31.7. The van der Waals surface area contributed by atoms with Gasteiger partial charge in [0.1, 0.15) is 16.7 Å². The predicted molar refractivity (Wildman–Crippen MR) is 52.9 cm³/mol. The van der Waals surface area contributed by atoms with Crippen molar-refractivity contribution in [1.82, 2.24) is 5.32 Å². The van der Waals surface area contributed by atoms with Gasteiger partial charge in [-0.05, 0) is 17.7 Å². The normalized spacial score (nSPS) is 21.7. The molecular formula is C10H10ClF2NO. The molecule has 0 aromatic heterocycles. The van der Waals surface area contributed by atoms with Crippen LogP contribution in [0.15, 0.2) is 12.1 Å². The van der Waals surface area contributed by atoms with E-state index in [1.54, 1.807) is 0 Å². The third-order valence-electron chi connectivity index (χ3n) is 2.31. The van der Waals surface area contributed by atoms with Crippen molar-refractivity contribution in [2.75, 3.05) is 19.7 Å². The summed E-state index contributed by atoms with van der Waals surface area (Å²) in [5.74, 6) is -1.50. The van der Waals surface area contributed by atoms with Gasteiger partial charge in [-0.2, -0.15) is 0 Å². The minimum Gasteiger partial charge on any atom is -0.371 e. The molecule has 2 nitrogen and oxygen atoms in total. The van der Waals surface area contributed by atoms with E-state index in [2.05, 4.69) is 5.32 Å². The second-order valence-electron chi connectivity index (χ2n) is 3.36. The van der Waals surface area contributed by atoms with Crippen LogP contribution in [0, 0.1) is 11.6 Å². The molecule has 1 aromatic carbocycles. The summed E-state index contributed by atoms with van der Waals surface area (Å²) in [5.41, 5.74) is 0.474. The number of morpholine rings is 1. The van der Waals surface area contributed by atoms with Gasteiger partial charge in [0.2, 0.25) is 0 Å². The van der Waals surface area contributed by atoms with Gasteiger partial charge in [0, 0.05) is 13.1 Å². The van der Waals surface area contributed by atoms with Gasteiger partial charge in [-0.3, -0.25) is 0 Å². The topological polar surface area (TPSA) is 21.3 Å². The molecule has 0 aliphatic carbocycles. The molecule has 1 N–H and O–H groups in total. The molecule has 1 aromatic rings. The van der Waals surface area contributed by atoms with Gasteiger partial charge in [-0.15, -0.1) is 0 Å². The second kappa shape index (κ2) is 4.43. The van der Waals surface area contributed by atoms with Gasteiger partial charge < -0.3 is 10.1 Å². The molecule has 1 atom stereocenters. The van der Waals surface area contributed by atoms with E-state index in [1.807, 2.05) is 0 Å². The van der Waals surface area contributed by atoms with Gasteiger partial charge >= 0.3 is 0 Å². The fourth-order valence-electron chi connectivity index (χ4n) is 1.54. The van der Waals surface area contributed by atoms with E-state index >= 15 is 0 Å². The van der Waals surface area contributed by atoms with Crippen LogP contribution in [0.4, 0.5) is 8.78 Å². The molecule has 1 aliphatic rings. The van der Waals surface area contributed by atoms with Crippen LogP contribution in [0.1, 0.15) is 11.7 Å². The van der Waals surface area contributed by atoms with E-state index in [4.69, 9.17) is 16.3 Å². The highest BCUT2D eigenvalue weighted by atomic mass is 35.5. The number of nitrogens with one attached hydrogen (secondary N) is 1. The lowest BCUT2D eigenvalue weighted by atomic mass is 10.1. The Bertz CT molecular complexity index is 343. The van der Waals surface area contributed by atoms with Crippen LogP contribution in [0.3, 0.4) is 0 Å². The van der Waals surface area contributed by atoms with Crippen molar-refractivity contribution in [3.63, 3.8) is 0 Å². The summed E-state index contributed by atoms with van der Waals surface area (Å²) in [4.78, 5) is 0. The lowest BCUT2D eigenvalue weighted by molar-refractivity contribution is 0.0273. The first-order chi connectivity index (χ1) is 7.18. The van der Waals surface area contributed by atoms with Crippen LogP contribution in [0.5, 0.6) is 0 Å². The summed E-state index contributed by atoms with van der Waals surface area (Å²) in [7, 11) is 0. The highest BCUT2D eigenvalue weighted by Gasteiger charge is 2.19. The lowest BCUT2D eigenvalue weighted by Crippen LogP contribution is -2.33. The number of hydrogen-bond acceptors (Lipinski definition) is 2. The Labute approximate surface area is 91.2 Å². The minimum absolute atomic E-state index is 0.306. The summed E-state index contributed by atoms with van der Waals surface area (Å²) >= 11 is 5.38. The molecule has 1 aliphatic heterocycles. The fraction of sp³-hybridized carbons (Fsp3) is 0.400. The first-order valence-electron chi connectivity index (χ1n) is 4.65. The molecule has 0 bridgehead atoms. The van der Waals surface area contributed by atoms with Crippen LogP contribution < -0.4 is 5.32 Å². The van der Waals surface area contributed by atoms with Crippen LogP contribution in [0.2, 0.25) is 5.02 Å². The standard InChI is InChI=1S/C10H10ClF2NO/c11-10-7(12)3-6(4-8(10)13)9-5-14-1-2-15-9/h3-4,9,14H,1-2,5H2. The van der Waals surface area contributed by atoms with Crippen LogP contribution in [-0.2, 0) is 4.74 Å². The van der Waals surface area contributed by atoms with Crippen molar-refractivity contribution in [3.8, 4) is 0 Å². The van der Waals surface area contributed by atoms with Crippen molar-refractivity contribution < 1.29 is 13.5 Å². The van der Waals surface area contributed by atoms with E-state index in [1.165, 1.54) is 12.1 Å². The number of halogens is 3. The molecule has 0 radical (unpaired) electrons. The van der Waals surface area contributed by atoms with Gasteiger partial charge in [-0.1, -0.05) is 11.6 Å². The molecule has 2 rings (SSSR count). The molecule has 1 saturated heterocycles. The quantitative estimate of drug-likeness (QED) is 0.752. The summed E-state index contributed by atoms with van der Waals surface area (Å²) in [6, 6.07) is 2.42. The van der Waals surface area contributed by atoms with Gasteiger partial charge in [0.25, 0.3) is 0 Å². The molecule has 5 heteroatoms. The van der Waals surface area contributed by atoms with Crippen LogP contribution in [0.25, 0.3) is 0 Å². The molecule has 0 amide bonds. The zero-order chi connectivity index (χ0) is 10.8. The molecule has 0 spiro atoms. The molecule has 82 valence electrons. The smallest absolute Gasteiger partial charge is 0.145 e. The van der Waals surface area contributed by atoms with Crippen LogP contribution in [-0.4, -0.2) is 19.7 Å². The summed E-state index contributed by atoms with van der Waals surface area (Å²) in [6.07, 6.45) is -0.306. The summed E-state index contributed by atoms with van der Waals surface area (Å²) in [5, 5.41) is 2.61. The summed E-state index contributed by atoms with van der Waals surface area (Å²) in [6.45, 7) is 1.85. The Balaban J connectivity index is 2.27. The van der Waals surface area contributed by atoms with E-state index in [-0.39, 0.29) is 6.10 Å². The van der Waals surface area contributed by atoms with E-state index < -0.39 is 16.7 Å². The Morgan fingerprint density at radius 2 is 2.00 bits per heavy atom. The number of rotatable bonds is 1. The monoisotopic (exact) mass is 233 g/mol. The van der Waals surface area contributed by atoms with Gasteiger partial charge in [0.15, 0.2) is 0 Å². The molecular weight excluding hydrogens is 224 g/mol. The number of hydrogen-bond donors (Lipinski definition) is 1. The second-order valence-corrected chi connectivity index (χ2v) is 3.74. The maximum atomic E-state index is 13.1. The Kier molecular flexibility index (Phi) is 3.19. The van der Waals surface area contributed by atoms with Crippen molar-refractivity contribution >= 4 is 11.6 Å². The maximum Gasteiger partial charge on any atom is 0.145 e. The van der Waals surface area contributed by atoms with Crippen molar-refractivity contribution in [3.05, 3.63) is 34.4 Å². The largest absolute Gasteiger partial charge is 0.371 e. The molecule has 0 saturated carbocycles. The Morgan fingerprint density at radius 3 is 2.53 bits per heavy atom. The van der Waals surface area contributed by atoms with Gasteiger partial charge in [-0.25, -0.2) is 8.78 Å². The highest BCUT2D eigenvalue weighted by Crippen LogP contribution is 2.26. The predicted octanol–water partition coefficient (Wildman–Crippen LogP) is 2.28. The zero-order valence-electron chi connectivity index (χ0n) is 7.90. The molecule has 1 unspecified atom stereocenters. The van der Waals surface area contributed by atoms with Crippen molar-refractivity contribution in [1.29, 1.82) is 0 Å². The first kappa shape index (κ1) is 10.8. The average Bonchev–Trinajstić information content (AvgIpc) is 2.26. The zero-order valence-corrected chi connectivity index (χ0v) is 8.65. The van der Waals surface area contributed by atoms with E-state index in [0.29, 0.717) is 18.7 Å².